The quantitative estimate of drug-likeness (QED) is 0.423. The summed E-state index contributed by atoms with van der Waals surface area (Å²) < 4.78 is 26.2. The molecule has 2 heterocycles. The Morgan fingerprint density at radius 3 is 2.25 bits per heavy atom. The lowest BCUT2D eigenvalue weighted by Crippen LogP contribution is -2.25. The Kier molecular flexibility index (Phi) is 4.46. The number of fused-ring (bicyclic) bond motifs is 2. The molecule has 0 aliphatic carbocycles. The van der Waals surface area contributed by atoms with E-state index in [0.717, 1.165) is 29.3 Å². The Hall–Kier alpha value is -2.73. The van der Waals surface area contributed by atoms with Crippen molar-refractivity contribution < 1.29 is 8.42 Å². The first kappa shape index (κ1) is 18.6. The molecule has 0 aliphatic rings. The summed E-state index contributed by atoms with van der Waals surface area (Å²) in [6, 6.07) is 14.1. The molecular formula is C22H25N3O2S. The van der Waals surface area contributed by atoms with Gasteiger partial charge in [-0.05, 0) is 36.1 Å². The van der Waals surface area contributed by atoms with Crippen LogP contribution in [0, 0.1) is 0 Å². The molecule has 146 valence electrons. The van der Waals surface area contributed by atoms with E-state index < -0.39 is 10.0 Å². The first-order chi connectivity index (χ1) is 13.4. The molecule has 0 amide bonds. The Morgan fingerprint density at radius 1 is 0.893 bits per heavy atom. The van der Waals surface area contributed by atoms with Gasteiger partial charge in [-0.15, -0.1) is 0 Å². The van der Waals surface area contributed by atoms with Crippen molar-refractivity contribution in [3.05, 3.63) is 66.0 Å². The second-order valence-electron chi connectivity index (χ2n) is 7.34. The monoisotopic (exact) mass is 395 g/mol. The molecular weight excluding hydrogens is 370 g/mol. The van der Waals surface area contributed by atoms with E-state index in [9.17, 15) is 8.42 Å². The molecule has 0 fully saturated rings. The Bertz CT molecular complexity index is 1250. The lowest BCUT2D eigenvalue weighted by molar-refractivity contribution is 0.486. The molecule has 0 atom stereocenters. The highest BCUT2D eigenvalue weighted by Crippen LogP contribution is 2.45. The van der Waals surface area contributed by atoms with Crippen LogP contribution < -0.4 is 4.72 Å². The van der Waals surface area contributed by atoms with Crippen LogP contribution in [0.3, 0.4) is 0 Å². The normalized spacial score (nSPS) is 12.7. The summed E-state index contributed by atoms with van der Waals surface area (Å²) in [5.74, 6) is 0. The van der Waals surface area contributed by atoms with Gasteiger partial charge in [-0.25, -0.2) is 8.42 Å². The molecule has 3 N–H and O–H groups in total. The molecule has 0 radical (unpaired) electrons. The van der Waals surface area contributed by atoms with E-state index in [2.05, 4.69) is 59.0 Å². The standard InChI is InChI=1S/C22H25N3O2S/c1-4-22(5-2,17-13-23-19-11-7-6-9-15(17)19)18-14-24-21-16(18)10-8-12-20(21)25-28(3,26)27/h6-14,23-25H,4-5H2,1-3H3. The number of anilines is 1. The van der Waals surface area contributed by atoms with E-state index in [0.29, 0.717) is 5.69 Å². The fourth-order valence-electron chi connectivity index (χ4n) is 4.46. The van der Waals surface area contributed by atoms with Crippen LogP contribution >= 0.6 is 0 Å². The van der Waals surface area contributed by atoms with Crippen LogP contribution in [0.15, 0.2) is 54.9 Å². The van der Waals surface area contributed by atoms with Crippen molar-refractivity contribution in [1.82, 2.24) is 9.97 Å². The zero-order valence-electron chi connectivity index (χ0n) is 16.3. The zero-order chi connectivity index (χ0) is 19.9. The van der Waals surface area contributed by atoms with Crippen molar-refractivity contribution in [3.8, 4) is 0 Å². The Morgan fingerprint density at radius 2 is 1.54 bits per heavy atom. The molecule has 2 aromatic carbocycles. The summed E-state index contributed by atoms with van der Waals surface area (Å²) in [5, 5.41) is 2.27. The van der Waals surface area contributed by atoms with Crippen LogP contribution in [0.1, 0.15) is 37.8 Å². The summed E-state index contributed by atoms with van der Waals surface area (Å²) in [6.45, 7) is 4.42. The number of benzene rings is 2. The van der Waals surface area contributed by atoms with Crippen LogP contribution in [0.2, 0.25) is 0 Å². The minimum absolute atomic E-state index is 0.179. The third-order valence-electron chi connectivity index (χ3n) is 5.84. The van der Waals surface area contributed by atoms with Crippen molar-refractivity contribution in [2.45, 2.75) is 32.1 Å². The van der Waals surface area contributed by atoms with Gasteiger partial charge in [0, 0.05) is 34.1 Å². The van der Waals surface area contributed by atoms with Crippen LogP contribution in [-0.2, 0) is 15.4 Å². The minimum Gasteiger partial charge on any atom is -0.361 e. The average molecular weight is 396 g/mol. The highest BCUT2D eigenvalue weighted by Gasteiger charge is 2.35. The van der Waals surface area contributed by atoms with Crippen molar-refractivity contribution in [2.75, 3.05) is 11.0 Å². The molecule has 0 unspecified atom stereocenters. The zero-order valence-corrected chi connectivity index (χ0v) is 17.2. The van der Waals surface area contributed by atoms with Crippen molar-refractivity contribution in [2.24, 2.45) is 0 Å². The van der Waals surface area contributed by atoms with Gasteiger partial charge in [0.1, 0.15) is 0 Å². The van der Waals surface area contributed by atoms with Crippen molar-refractivity contribution >= 4 is 37.5 Å². The highest BCUT2D eigenvalue weighted by molar-refractivity contribution is 7.92. The Labute approximate surface area is 165 Å². The number of nitrogens with one attached hydrogen (secondary N) is 3. The van der Waals surface area contributed by atoms with Crippen LogP contribution in [-0.4, -0.2) is 24.6 Å². The Balaban J connectivity index is 1.97. The van der Waals surface area contributed by atoms with Gasteiger partial charge in [0.25, 0.3) is 0 Å². The lowest BCUT2D eigenvalue weighted by Gasteiger charge is -2.32. The molecule has 4 aromatic rings. The molecule has 0 saturated heterocycles. The fourth-order valence-corrected chi connectivity index (χ4v) is 5.03. The van der Waals surface area contributed by atoms with E-state index in [-0.39, 0.29) is 5.41 Å². The van der Waals surface area contributed by atoms with E-state index >= 15 is 0 Å². The molecule has 0 saturated carbocycles. The van der Waals surface area contributed by atoms with Gasteiger partial charge < -0.3 is 9.97 Å². The predicted octanol–water partition coefficient (Wildman–Crippen LogP) is 5.13. The van der Waals surface area contributed by atoms with Gasteiger partial charge >= 0.3 is 0 Å². The van der Waals surface area contributed by atoms with Crippen molar-refractivity contribution in [3.63, 3.8) is 0 Å². The van der Waals surface area contributed by atoms with E-state index in [1.54, 1.807) is 6.07 Å². The summed E-state index contributed by atoms with van der Waals surface area (Å²) in [4.78, 5) is 6.74. The number of hydrogen-bond acceptors (Lipinski definition) is 2. The molecule has 0 bridgehead atoms. The molecule has 2 aromatic heterocycles. The minimum atomic E-state index is -3.35. The molecule has 6 heteroatoms. The van der Waals surface area contributed by atoms with E-state index in [1.807, 2.05) is 18.3 Å². The first-order valence-corrected chi connectivity index (χ1v) is 11.4. The third kappa shape index (κ3) is 2.88. The topological polar surface area (TPSA) is 77.8 Å². The number of sulfonamides is 1. The maximum atomic E-state index is 11.8. The molecule has 5 nitrogen and oxygen atoms in total. The second-order valence-corrected chi connectivity index (χ2v) is 9.09. The maximum absolute atomic E-state index is 11.8. The number of hydrogen-bond donors (Lipinski definition) is 3. The molecule has 0 spiro atoms. The number of H-pyrrole nitrogens is 2. The molecule has 0 aliphatic heterocycles. The number of para-hydroxylation sites is 2. The largest absolute Gasteiger partial charge is 0.361 e. The van der Waals surface area contributed by atoms with Crippen molar-refractivity contribution in [1.29, 1.82) is 0 Å². The molecule has 28 heavy (non-hydrogen) atoms. The predicted molar refractivity (Wildman–Crippen MR) is 116 cm³/mol. The van der Waals surface area contributed by atoms with Gasteiger partial charge in [-0.1, -0.05) is 44.2 Å². The third-order valence-corrected chi connectivity index (χ3v) is 6.43. The lowest BCUT2D eigenvalue weighted by atomic mass is 9.70. The van der Waals surface area contributed by atoms with Gasteiger partial charge in [0.05, 0.1) is 17.5 Å². The fraction of sp³-hybridized carbons (Fsp3) is 0.273. The summed E-state index contributed by atoms with van der Waals surface area (Å²) in [7, 11) is -3.35. The highest BCUT2D eigenvalue weighted by atomic mass is 32.2. The number of rotatable bonds is 6. The van der Waals surface area contributed by atoms with Crippen LogP contribution in [0.4, 0.5) is 5.69 Å². The molecule has 4 rings (SSSR count). The first-order valence-electron chi connectivity index (χ1n) is 9.54. The number of aromatic nitrogens is 2. The number of aromatic amines is 2. The average Bonchev–Trinajstić information content (AvgIpc) is 3.29. The second kappa shape index (κ2) is 6.71. The summed E-state index contributed by atoms with van der Waals surface area (Å²) >= 11 is 0. The van der Waals surface area contributed by atoms with E-state index in [1.165, 1.54) is 22.8 Å². The van der Waals surface area contributed by atoms with Gasteiger partial charge in [-0.2, -0.15) is 0 Å². The van der Waals surface area contributed by atoms with Gasteiger partial charge in [-0.3, -0.25) is 4.72 Å². The van der Waals surface area contributed by atoms with Crippen LogP contribution in [0.5, 0.6) is 0 Å². The van der Waals surface area contributed by atoms with Gasteiger partial charge in [0.15, 0.2) is 0 Å². The van der Waals surface area contributed by atoms with E-state index in [4.69, 9.17) is 0 Å². The maximum Gasteiger partial charge on any atom is 0.229 e. The van der Waals surface area contributed by atoms with Crippen LogP contribution in [0.25, 0.3) is 21.8 Å². The summed E-state index contributed by atoms with van der Waals surface area (Å²) in [6.07, 6.45) is 7.19. The smallest absolute Gasteiger partial charge is 0.229 e. The SMILES string of the molecule is CCC(CC)(c1c[nH]c2ccccc12)c1c[nH]c2c(NS(C)(=O)=O)cccc12. The summed E-state index contributed by atoms with van der Waals surface area (Å²) in [5.41, 5.74) is 4.80. The van der Waals surface area contributed by atoms with Gasteiger partial charge in [0.2, 0.25) is 10.0 Å².